The van der Waals surface area contributed by atoms with Crippen molar-refractivity contribution in [2.75, 3.05) is 32.8 Å². The number of aromatic nitrogens is 1. The Morgan fingerprint density at radius 2 is 1.97 bits per heavy atom. The first kappa shape index (κ1) is 25.6. The average molecular weight is 501 g/mol. The number of likely N-dealkylation sites (tertiary alicyclic amines) is 1. The van der Waals surface area contributed by atoms with Gasteiger partial charge in [-0.25, -0.2) is 4.98 Å². The summed E-state index contributed by atoms with van der Waals surface area (Å²) in [6, 6.07) is 7.51. The molecular formula is C26H36N4O4S. The van der Waals surface area contributed by atoms with Gasteiger partial charge in [0.2, 0.25) is 17.7 Å². The molecule has 3 heterocycles. The van der Waals surface area contributed by atoms with Crippen molar-refractivity contribution in [2.24, 2.45) is 5.41 Å². The largest absolute Gasteiger partial charge is 0.380 e. The normalized spacial score (nSPS) is 22.1. The minimum atomic E-state index is -0.595. The van der Waals surface area contributed by atoms with Crippen molar-refractivity contribution in [3.8, 4) is 0 Å². The zero-order chi connectivity index (χ0) is 24.7. The number of ether oxygens (including phenoxy) is 1. The van der Waals surface area contributed by atoms with Gasteiger partial charge >= 0.3 is 0 Å². The topological polar surface area (TPSA) is 101 Å². The van der Waals surface area contributed by atoms with Crippen molar-refractivity contribution < 1.29 is 19.1 Å². The average Bonchev–Trinajstić information content (AvgIpc) is 3.28. The summed E-state index contributed by atoms with van der Waals surface area (Å²) in [5.74, 6) is -0.118. The van der Waals surface area contributed by atoms with Gasteiger partial charge in [0.1, 0.15) is 6.04 Å². The fraction of sp³-hybridized carbons (Fsp3) is 0.615. The van der Waals surface area contributed by atoms with Gasteiger partial charge in [0.05, 0.1) is 27.2 Å². The molecule has 2 aliphatic heterocycles. The number of nitrogens with zero attached hydrogens (tertiary/aromatic N) is 2. The SMILES string of the molecule is C[C@@H]1NC(=O)C2(CCCCOCCNC1=O)CCN(C(=O)CCCc1nc3ccccc3s1)CC2. The van der Waals surface area contributed by atoms with Gasteiger partial charge < -0.3 is 20.3 Å². The lowest BCUT2D eigenvalue weighted by Gasteiger charge is -2.41. The molecule has 2 fully saturated rings. The van der Waals surface area contributed by atoms with Crippen molar-refractivity contribution >= 4 is 39.3 Å². The standard InChI is InChI=1S/C26H36N4O4S/c1-19-24(32)27-14-18-34-17-5-4-11-26(25(33)28-19)12-15-30(16-13-26)23(31)10-6-9-22-29-20-7-2-3-8-21(20)35-22/h2-3,7-8,19H,4-6,9-18H2,1H3,(H,27,32)(H,28,33)/t19-/m0/s1. The predicted molar refractivity (Wildman–Crippen MR) is 136 cm³/mol. The lowest BCUT2D eigenvalue weighted by atomic mass is 9.73. The number of hydrogen-bond acceptors (Lipinski definition) is 6. The van der Waals surface area contributed by atoms with Crippen molar-refractivity contribution in [3.63, 3.8) is 0 Å². The van der Waals surface area contributed by atoms with E-state index >= 15 is 0 Å². The van der Waals surface area contributed by atoms with Gasteiger partial charge in [-0.05, 0) is 57.6 Å². The molecule has 190 valence electrons. The third kappa shape index (κ3) is 6.58. The first-order valence-corrected chi connectivity index (χ1v) is 13.6. The number of thiazole rings is 1. The second-order valence-corrected chi connectivity index (χ2v) is 10.8. The summed E-state index contributed by atoms with van der Waals surface area (Å²) in [6.45, 7) is 4.41. The minimum absolute atomic E-state index is 0.0664. The van der Waals surface area contributed by atoms with Crippen LogP contribution in [-0.2, 0) is 25.5 Å². The van der Waals surface area contributed by atoms with Crippen LogP contribution in [0.1, 0.15) is 56.9 Å². The fourth-order valence-corrected chi connectivity index (χ4v) is 5.94. The summed E-state index contributed by atoms with van der Waals surface area (Å²) in [5, 5.41) is 6.81. The maximum Gasteiger partial charge on any atom is 0.242 e. The monoisotopic (exact) mass is 500 g/mol. The van der Waals surface area contributed by atoms with E-state index in [-0.39, 0.29) is 17.7 Å². The number of para-hydroxylation sites is 1. The highest BCUT2D eigenvalue weighted by Gasteiger charge is 2.42. The molecule has 1 aromatic heterocycles. The van der Waals surface area contributed by atoms with Crippen molar-refractivity contribution in [3.05, 3.63) is 29.3 Å². The van der Waals surface area contributed by atoms with E-state index in [0.29, 0.717) is 52.1 Å². The number of hydrogen-bond donors (Lipinski definition) is 2. The summed E-state index contributed by atoms with van der Waals surface area (Å²) in [6.07, 6.45) is 5.82. The summed E-state index contributed by atoms with van der Waals surface area (Å²) < 4.78 is 6.77. The van der Waals surface area contributed by atoms with E-state index in [2.05, 4.69) is 21.7 Å². The van der Waals surface area contributed by atoms with E-state index in [0.717, 1.165) is 42.6 Å². The molecule has 0 aliphatic carbocycles. The molecule has 0 saturated carbocycles. The molecule has 35 heavy (non-hydrogen) atoms. The van der Waals surface area contributed by atoms with Crippen LogP contribution in [0.4, 0.5) is 0 Å². The third-order valence-electron chi connectivity index (χ3n) is 7.15. The Bertz CT molecular complexity index is 998. The smallest absolute Gasteiger partial charge is 0.242 e. The Hall–Kier alpha value is -2.52. The van der Waals surface area contributed by atoms with Crippen LogP contribution in [0.5, 0.6) is 0 Å². The van der Waals surface area contributed by atoms with Gasteiger partial charge in [-0.2, -0.15) is 0 Å². The minimum Gasteiger partial charge on any atom is -0.380 e. The van der Waals surface area contributed by atoms with Crippen LogP contribution in [0.2, 0.25) is 0 Å². The first-order chi connectivity index (χ1) is 17.0. The first-order valence-electron chi connectivity index (χ1n) is 12.8. The lowest BCUT2D eigenvalue weighted by Crippen LogP contribution is -2.54. The fourth-order valence-electron chi connectivity index (χ4n) is 4.93. The highest BCUT2D eigenvalue weighted by molar-refractivity contribution is 7.18. The molecular weight excluding hydrogens is 464 g/mol. The molecule has 2 saturated heterocycles. The van der Waals surface area contributed by atoms with Gasteiger partial charge in [0, 0.05) is 32.7 Å². The van der Waals surface area contributed by atoms with Crippen molar-refractivity contribution in [1.29, 1.82) is 0 Å². The van der Waals surface area contributed by atoms with Crippen LogP contribution in [0, 0.1) is 5.41 Å². The summed E-state index contributed by atoms with van der Waals surface area (Å²) in [4.78, 5) is 45.0. The second kappa shape index (κ2) is 11.9. The van der Waals surface area contributed by atoms with E-state index in [4.69, 9.17) is 4.74 Å². The van der Waals surface area contributed by atoms with E-state index in [1.54, 1.807) is 18.3 Å². The molecule has 0 unspecified atom stereocenters. The Morgan fingerprint density at radius 1 is 1.17 bits per heavy atom. The lowest BCUT2D eigenvalue weighted by molar-refractivity contribution is -0.142. The number of nitrogens with one attached hydrogen (secondary N) is 2. The number of aryl methyl sites for hydroxylation is 1. The third-order valence-corrected chi connectivity index (χ3v) is 8.25. The second-order valence-electron chi connectivity index (χ2n) is 9.65. The van der Waals surface area contributed by atoms with Crippen LogP contribution in [0.15, 0.2) is 24.3 Å². The Kier molecular flexibility index (Phi) is 8.73. The summed E-state index contributed by atoms with van der Waals surface area (Å²) in [7, 11) is 0. The van der Waals surface area contributed by atoms with E-state index in [1.807, 2.05) is 23.1 Å². The maximum atomic E-state index is 13.3. The number of amides is 3. The summed E-state index contributed by atoms with van der Waals surface area (Å²) >= 11 is 1.69. The van der Waals surface area contributed by atoms with Crippen LogP contribution >= 0.6 is 11.3 Å². The number of piperidine rings is 1. The highest BCUT2D eigenvalue weighted by Crippen LogP contribution is 2.37. The van der Waals surface area contributed by atoms with E-state index < -0.39 is 11.5 Å². The Labute approximate surface area is 210 Å². The number of fused-ring (bicyclic) bond motifs is 1. The molecule has 0 bridgehead atoms. The highest BCUT2D eigenvalue weighted by atomic mass is 32.1. The number of rotatable bonds is 4. The van der Waals surface area contributed by atoms with E-state index in [9.17, 15) is 14.4 Å². The van der Waals surface area contributed by atoms with Crippen molar-refractivity contribution in [2.45, 2.75) is 64.3 Å². The van der Waals surface area contributed by atoms with Gasteiger partial charge in [-0.3, -0.25) is 14.4 Å². The molecule has 1 atom stereocenters. The molecule has 2 aliphatic rings. The molecule has 3 amide bonds. The van der Waals surface area contributed by atoms with Crippen LogP contribution in [-0.4, -0.2) is 66.5 Å². The van der Waals surface area contributed by atoms with Crippen LogP contribution in [0.3, 0.4) is 0 Å². The molecule has 8 nitrogen and oxygen atoms in total. The zero-order valence-corrected chi connectivity index (χ0v) is 21.3. The van der Waals surface area contributed by atoms with Crippen LogP contribution < -0.4 is 10.6 Å². The number of benzene rings is 1. The van der Waals surface area contributed by atoms with Crippen LogP contribution in [0.25, 0.3) is 10.2 Å². The molecule has 4 rings (SSSR count). The molecule has 9 heteroatoms. The number of carbonyl (C=O) groups excluding carboxylic acids is 3. The zero-order valence-electron chi connectivity index (χ0n) is 20.5. The Balaban J connectivity index is 1.30. The summed E-state index contributed by atoms with van der Waals surface area (Å²) in [5.41, 5.74) is 0.477. The molecule has 2 aromatic rings. The molecule has 2 N–H and O–H groups in total. The quantitative estimate of drug-likeness (QED) is 0.672. The van der Waals surface area contributed by atoms with Gasteiger partial charge in [-0.1, -0.05) is 18.6 Å². The van der Waals surface area contributed by atoms with Crippen molar-refractivity contribution in [1.82, 2.24) is 20.5 Å². The molecule has 0 radical (unpaired) electrons. The van der Waals surface area contributed by atoms with Gasteiger partial charge in [0.25, 0.3) is 0 Å². The van der Waals surface area contributed by atoms with Gasteiger partial charge in [0.15, 0.2) is 0 Å². The maximum absolute atomic E-state index is 13.3. The molecule has 1 aromatic carbocycles. The van der Waals surface area contributed by atoms with Gasteiger partial charge in [-0.15, -0.1) is 11.3 Å². The molecule has 1 spiro atoms. The Morgan fingerprint density at radius 3 is 2.77 bits per heavy atom. The van der Waals surface area contributed by atoms with E-state index in [1.165, 1.54) is 4.70 Å². The number of carbonyl (C=O) groups is 3. The predicted octanol–water partition coefficient (Wildman–Crippen LogP) is 3.05.